The predicted molar refractivity (Wildman–Crippen MR) is 91.5 cm³/mol. The highest BCUT2D eigenvalue weighted by molar-refractivity contribution is 7.12. The minimum Gasteiger partial charge on any atom is -0.456 e. The Labute approximate surface area is 148 Å². The van der Waals surface area contributed by atoms with Gasteiger partial charge in [-0.15, -0.1) is 11.3 Å². The zero-order valence-corrected chi connectivity index (χ0v) is 14.3. The topological polar surface area (TPSA) is 47.6 Å². The van der Waals surface area contributed by atoms with E-state index < -0.39 is 0 Å². The van der Waals surface area contributed by atoms with Crippen molar-refractivity contribution in [1.82, 2.24) is 5.32 Å². The third-order valence-corrected chi connectivity index (χ3v) is 6.40. The summed E-state index contributed by atoms with van der Waals surface area (Å²) in [6.45, 7) is 0.676. The second-order valence-electron chi connectivity index (χ2n) is 7.11. The van der Waals surface area contributed by atoms with Gasteiger partial charge in [0.2, 0.25) is 0 Å². The molecule has 3 aliphatic rings. The maximum Gasteiger partial charge on any atom is 0.261 e. The number of thiophene rings is 1. The van der Waals surface area contributed by atoms with E-state index in [1.54, 1.807) is 23.6 Å². The van der Waals surface area contributed by atoms with Gasteiger partial charge < -0.3 is 14.8 Å². The number of amides is 1. The van der Waals surface area contributed by atoms with Crippen LogP contribution in [0.4, 0.5) is 4.39 Å². The molecular formula is C19H18FNO3S. The Morgan fingerprint density at radius 3 is 2.84 bits per heavy atom. The first kappa shape index (κ1) is 15.3. The van der Waals surface area contributed by atoms with Crippen LogP contribution in [0.25, 0.3) is 0 Å². The van der Waals surface area contributed by atoms with Gasteiger partial charge in [-0.05, 0) is 48.9 Å². The van der Waals surface area contributed by atoms with E-state index in [1.807, 2.05) is 0 Å². The smallest absolute Gasteiger partial charge is 0.261 e. The Bertz CT molecular complexity index is 805. The average molecular weight is 359 g/mol. The highest BCUT2D eigenvalue weighted by atomic mass is 32.1. The largest absolute Gasteiger partial charge is 0.456 e. The third-order valence-electron chi connectivity index (χ3n) is 5.50. The lowest BCUT2D eigenvalue weighted by Crippen LogP contribution is -2.34. The van der Waals surface area contributed by atoms with Crippen LogP contribution in [0.1, 0.15) is 22.5 Å². The van der Waals surface area contributed by atoms with Gasteiger partial charge in [-0.1, -0.05) is 0 Å². The molecule has 2 bridgehead atoms. The van der Waals surface area contributed by atoms with Gasteiger partial charge >= 0.3 is 0 Å². The maximum absolute atomic E-state index is 12.9. The van der Waals surface area contributed by atoms with Crippen molar-refractivity contribution in [3.63, 3.8) is 0 Å². The van der Waals surface area contributed by atoms with E-state index >= 15 is 0 Å². The SMILES string of the molecule is O=C(NC[C@@H]1C[C@@H]2O[C@H]1[C@H]1C[C@H]12)c1cc(Oc2ccc(F)cc2)cs1. The van der Waals surface area contributed by atoms with Crippen LogP contribution in [0.15, 0.2) is 35.7 Å². The summed E-state index contributed by atoms with van der Waals surface area (Å²) in [5.74, 6) is 2.76. The second-order valence-corrected chi connectivity index (χ2v) is 8.02. The molecule has 1 aliphatic carbocycles. The lowest BCUT2D eigenvalue weighted by atomic mass is 9.89. The fourth-order valence-corrected chi connectivity index (χ4v) is 4.93. The van der Waals surface area contributed by atoms with Crippen molar-refractivity contribution in [1.29, 1.82) is 0 Å². The minimum absolute atomic E-state index is 0.0749. The van der Waals surface area contributed by atoms with Crippen LogP contribution in [-0.4, -0.2) is 24.7 Å². The highest BCUT2D eigenvalue weighted by Crippen LogP contribution is 2.60. The molecule has 130 valence electrons. The molecule has 1 amide bonds. The van der Waals surface area contributed by atoms with E-state index in [0.29, 0.717) is 41.0 Å². The van der Waals surface area contributed by atoms with Crippen molar-refractivity contribution in [2.24, 2.45) is 17.8 Å². The lowest BCUT2D eigenvalue weighted by Gasteiger charge is -2.18. The van der Waals surface area contributed by atoms with E-state index in [2.05, 4.69) is 5.32 Å². The number of nitrogens with one attached hydrogen (secondary N) is 1. The zero-order chi connectivity index (χ0) is 17.0. The first-order valence-electron chi connectivity index (χ1n) is 8.63. The number of fused-ring (bicyclic) bond motifs is 5. The Morgan fingerprint density at radius 1 is 1.24 bits per heavy atom. The number of benzene rings is 1. The number of halogens is 1. The molecule has 0 spiro atoms. The van der Waals surface area contributed by atoms with Gasteiger partial charge in [0.25, 0.3) is 5.91 Å². The molecule has 2 aliphatic heterocycles. The molecule has 3 heterocycles. The second kappa shape index (κ2) is 5.81. The van der Waals surface area contributed by atoms with E-state index in [1.165, 1.54) is 29.9 Å². The Hall–Kier alpha value is -1.92. The molecule has 1 aromatic carbocycles. The quantitative estimate of drug-likeness (QED) is 0.883. The molecule has 0 radical (unpaired) electrons. The van der Waals surface area contributed by atoms with E-state index in [9.17, 15) is 9.18 Å². The molecule has 0 unspecified atom stereocenters. The summed E-state index contributed by atoms with van der Waals surface area (Å²) >= 11 is 1.34. The molecule has 1 N–H and O–H groups in total. The van der Waals surface area contributed by atoms with E-state index in [-0.39, 0.29) is 11.7 Å². The van der Waals surface area contributed by atoms with Crippen LogP contribution < -0.4 is 10.1 Å². The number of rotatable bonds is 5. The van der Waals surface area contributed by atoms with Crippen molar-refractivity contribution in [2.45, 2.75) is 25.0 Å². The van der Waals surface area contributed by atoms with Crippen molar-refractivity contribution >= 4 is 17.2 Å². The van der Waals surface area contributed by atoms with Gasteiger partial charge in [-0.25, -0.2) is 4.39 Å². The average Bonchev–Trinajstić information content (AvgIpc) is 2.98. The van der Waals surface area contributed by atoms with Gasteiger partial charge in [0, 0.05) is 23.9 Å². The van der Waals surface area contributed by atoms with Crippen LogP contribution in [0.3, 0.4) is 0 Å². The first-order valence-corrected chi connectivity index (χ1v) is 9.51. The number of carbonyl (C=O) groups is 1. The number of hydrogen-bond donors (Lipinski definition) is 1. The molecule has 4 nitrogen and oxygen atoms in total. The molecule has 2 aromatic rings. The van der Waals surface area contributed by atoms with Crippen molar-refractivity contribution < 1.29 is 18.7 Å². The maximum atomic E-state index is 12.9. The van der Waals surface area contributed by atoms with Crippen LogP contribution in [0.5, 0.6) is 11.5 Å². The molecule has 6 heteroatoms. The number of carbonyl (C=O) groups excluding carboxylic acids is 1. The van der Waals surface area contributed by atoms with E-state index in [0.717, 1.165) is 18.3 Å². The fourth-order valence-electron chi connectivity index (χ4n) is 4.21. The summed E-state index contributed by atoms with van der Waals surface area (Å²) in [6.07, 6.45) is 3.19. The molecule has 5 atom stereocenters. The van der Waals surface area contributed by atoms with Gasteiger partial charge in [0.05, 0.1) is 17.1 Å². The summed E-state index contributed by atoms with van der Waals surface area (Å²) in [7, 11) is 0. The third kappa shape index (κ3) is 2.83. The molecular weight excluding hydrogens is 341 g/mol. The van der Waals surface area contributed by atoms with E-state index in [4.69, 9.17) is 9.47 Å². The Morgan fingerprint density at radius 2 is 2.08 bits per heavy atom. The molecule has 2 saturated heterocycles. The number of hydrogen-bond acceptors (Lipinski definition) is 4. The molecule has 1 saturated carbocycles. The van der Waals surface area contributed by atoms with Crippen molar-refractivity contribution in [2.75, 3.05) is 6.54 Å². The zero-order valence-electron chi connectivity index (χ0n) is 13.5. The minimum atomic E-state index is -0.306. The molecule has 5 rings (SSSR count). The fraction of sp³-hybridized carbons (Fsp3) is 0.421. The molecule has 1 aromatic heterocycles. The van der Waals surface area contributed by atoms with Gasteiger partial charge in [0.1, 0.15) is 17.3 Å². The van der Waals surface area contributed by atoms with Gasteiger partial charge in [0.15, 0.2) is 0 Å². The Kier molecular flexibility index (Phi) is 3.57. The Balaban J connectivity index is 1.17. The molecule has 3 fully saturated rings. The normalized spacial score (nSPS) is 31.6. The summed E-state index contributed by atoms with van der Waals surface area (Å²) in [5, 5.41) is 4.82. The monoisotopic (exact) mass is 359 g/mol. The number of ether oxygens (including phenoxy) is 2. The summed E-state index contributed by atoms with van der Waals surface area (Å²) in [6, 6.07) is 7.53. The van der Waals surface area contributed by atoms with Crippen LogP contribution in [0.2, 0.25) is 0 Å². The predicted octanol–water partition coefficient (Wildman–Crippen LogP) is 3.83. The van der Waals surface area contributed by atoms with Gasteiger partial charge in [-0.3, -0.25) is 4.79 Å². The lowest BCUT2D eigenvalue weighted by molar-refractivity contribution is 0.0605. The highest BCUT2D eigenvalue weighted by Gasteiger charge is 2.62. The van der Waals surface area contributed by atoms with Crippen LogP contribution in [-0.2, 0) is 4.74 Å². The van der Waals surface area contributed by atoms with Gasteiger partial charge in [-0.2, -0.15) is 0 Å². The summed E-state index contributed by atoms with van der Waals surface area (Å²) < 4.78 is 24.5. The summed E-state index contributed by atoms with van der Waals surface area (Å²) in [4.78, 5) is 13.0. The standard InChI is InChI=1S/C19H18FNO3S/c20-11-1-3-12(4-2-11)23-13-6-17(25-9-13)19(22)21-8-10-5-16-14-7-15(14)18(10)24-16/h1-4,6,9-10,14-16,18H,5,7-8H2,(H,21,22)/t10-,14+,15-,16-,18+/m0/s1. The van der Waals surface area contributed by atoms with Crippen molar-refractivity contribution in [3.8, 4) is 11.5 Å². The first-order chi connectivity index (χ1) is 12.2. The molecule has 25 heavy (non-hydrogen) atoms. The van der Waals surface area contributed by atoms with Crippen LogP contribution >= 0.6 is 11.3 Å². The van der Waals surface area contributed by atoms with Crippen LogP contribution in [0, 0.1) is 23.6 Å². The summed E-state index contributed by atoms with van der Waals surface area (Å²) in [5.41, 5.74) is 0. The van der Waals surface area contributed by atoms with Crippen molar-refractivity contribution in [3.05, 3.63) is 46.4 Å².